The summed E-state index contributed by atoms with van der Waals surface area (Å²) in [5.41, 5.74) is -4.81. The van der Waals surface area contributed by atoms with Gasteiger partial charge in [-0.3, -0.25) is 9.55 Å². The third-order valence-corrected chi connectivity index (χ3v) is 5.89. The maximum Gasteiger partial charge on any atom is 0.402 e. The van der Waals surface area contributed by atoms with E-state index in [0.29, 0.717) is 5.69 Å². The van der Waals surface area contributed by atoms with Gasteiger partial charge in [-0.1, -0.05) is 0 Å². The number of aliphatic hydroxyl groups excluding tert-OH is 1. The largest absolute Gasteiger partial charge is 0.485 e. The number of rotatable bonds is 7. The molecule has 2 heterocycles. The van der Waals surface area contributed by atoms with Crippen LogP contribution in [0.5, 0.6) is 11.5 Å². The molecule has 1 unspecified atom stereocenters. The Balaban J connectivity index is 2.50. The molecule has 0 radical (unpaired) electrons. The second-order valence-corrected chi connectivity index (χ2v) is 8.54. The van der Waals surface area contributed by atoms with Crippen molar-refractivity contribution >= 4 is 7.60 Å². The maximum absolute atomic E-state index is 14.9. The van der Waals surface area contributed by atoms with Gasteiger partial charge in [-0.25, -0.2) is 0 Å². The van der Waals surface area contributed by atoms with Crippen molar-refractivity contribution in [1.82, 2.24) is 4.98 Å². The lowest BCUT2D eigenvalue weighted by Gasteiger charge is -2.35. The minimum absolute atomic E-state index is 0.0523. The second kappa shape index (κ2) is 7.38. The van der Waals surface area contributed by atoms with Crippen molar-refractivity contribution in [3.8, 4) is 11.5 Å². The average molecular weight is 395 g/mol. The number of hydrogen-bond donors (Lipinski definition) is 1. The zero-order chi connectivity index (χ0) is 19.8. The third-order valence-electron chi connectivity index (χ3n) is 3.72. The molecule has 1 aromatic heterocycles. The van der Waals surface area contributed by atoms with E-state index in [1.807, 2.05) is 0 Å². The van der Waals surface area contributed by atoms with Crippen LogP contribution in [0.15, 0.2) is 6.20 Å². The van der Waals surface area contributed by atoms with Gasteiger partial charge in [-0.15, -0.1) is 0 Å². The summed E-state index contributed by atoms with van der Waals surface area (Å²) < 4.78 is 63.0. The minimum atomic E-state index is -4.92. The number of ether oxygens (including phenoxy) is 2. The molecule has 7 nitrogen and oxygen atoms in total. The topological polar surface area (TPSA) is 87.1 Å². The van der Waals surface area contributed by atoms with Gasteiger partial charge >= 0.3 is 13.3 Å². The molecule has 1 aliphatic rings. The fourth-order valence-electron chi connectivity index (χ4n) is 2.48. The molecule has 0 fully saturated rings. The monoisotopic (exact) mass is 395 g/mol. The highest BCUT2D eigenvalue weighted by Crippen LogP contribution is 2.66. The van der Waals surface area contributed by atoms with Gasteiger partial charge in [0.1, 0.15) is 12.2 Å². The zero-order valence-electron chi connectivity index (χ0n) is 15.4. The lowest BCUT2D eigenvalue weighted by Crippen LogP contribution is -2.40. The normalized spacial score (nSPS) is 17.8. The molecular formula is C16H24F2NO6P. The molecule has 26 heavy (non-hydrogen) atoms. The molecule has 2 rings (SSSR count). The number of aromatic nitrogens is 1. The predicted molar refractivity (Wildman–Crippen MR) is 89.9 cm³/mol. The summed E-state index contributed by atoms with van der Waals surface area (Å²) in [7, 11) is -4.92. The molecule has 1 N–H and O–H groups in total. The number of aryl methyl sites for hydroxylation is 1. The van der Waals surface area contributed by atoms with E-state index < -0.39 is 25.0 Å². The van der Waals surface area contributed by atoms with E-state index in [0.717, 1.165) is 6.20 Å². The number of pyridine rings is 1. The molecule has 0 aromatic carbocycles. The van der Waals surface area contributed by atoms with Crippen molar-refractivity contribution in [3.63, 3.8) is 0 Å². The van der Waals surface area contributed by atoms with Crippen LogP contribution in [-0.2, 0) is 13.6 Å². The number of hydrogen-bond acceptors (Lipinski definition) is 7. The number of nitrogens with zero attached hydrogens (tertiary/aromatic N) is 1. The predicted octanol–water partition coefficient (Wildman–Crippen LogP) is 3.83. The minimum Gasteiger partial charge on any atom is -0.485 e. The lowest BCUT2D eigenvalue weighted by molar-refractivity contribution is -0.0704. The zero-order valence-corrected chi connectivity index (χ0v) is 16.3. The van der Waals surface area contributed by atoms with Crippen LogP contribution in [0, 0.1) is 6.92 Å². The van der Waals surface area contributed by atoms with E-state index in [-0.39, 0.29) is 36.9 Å². The Bertz CT molecular complexity index is 702. The number of alkyl halides is 2. The van der Waals surface area contributed by atoms with Crippen molar-refractivity contribution in [2.75, 3.05) is 19.8 Å². The fourth-order valence-corrected chi connectivity index (χ4v) is 4.02. The molecule has 0 saturated carbocycles. The van der Waals surface area contributed by atoms with E-state index in [1.54, 1.807) is 20.8 Å². The van der Waals surface area contributed by atoms with Gasteiger partial charge in [0.15, 0.2) is 17.6 Å². The first-order valence-corrected chi connectivity index (χ1v) is 9.79. The van der Waals surface area contributed by atoms with Crippen LogP contribution in [0.25, 0.3) is 0 Å². The summed E-state index contributed by atoms with van der Waals surface area (Å²) in [6.45, 7) is 7.53. The lowest BCUT2D eigenvalue weighted by atomic mass is 10.1. The highest BCUT2D eigenvalue weighted by Gasteiger charge is 2.60. The van der Waals surface area contributed by atoms with Crippen molar-refractivity contribution in [1.29, 1.82) is 0 Å². The molecule has 0 saturated heterocycles. The molecule has 1 aromatic rings. The summed E-state index contributed by atoms with van der Waals surface area (Å²) in [4.78, 5) is 4.00. The van der Waals surface area contributed by atoms with Crippen LogP contribution in [0.1, 0.15) is 45.1 Å². The van der Waals surface area contributed by atoms with Gasteiger partial charge in [-0.05, 0) is 34.6 Å². The highest BCUT2D eigenvalue weighted by atomic mass is 31.2. The Morgan fingerprint density at radius 2 is 1.92 bits per heavy atom. The Hall–Kier alpha value is -1.28. The first-order chi connectivity index (χ1) is 12.0. The van der Waals surface area contributed by atoms with E-state index in [4.69, 9.17) is 18.5 Å². The Morgan fingerprint density at radius 3 is 2.46 bits per heavy atom. The number of aliphatic hydroxyl groups is 1. The van der Waals surface area contributed by atoms with Crippen molar-refractivity contribution < 1.29 is 37.0 Å². The molecule has 0 bridgehead atoms. The first kappa shape index (κ1) is 21.0. The molecule has 1 aliphatic heterocycles. The molecule has 0 amide bonds. The summed E-state index contributed by atoms with van der Waals surface area (Å²) >= 11 is 0. The average Bonchev–Trinajstić information content (AvgIpc) is 2.55. The third kappa shape index (κ3) is 3.71. The van der Waals surface area contributed by atoms with E-state index in [1.165, 1.54) is 13.8 Å². The SMILES string of the molecule is CCOP(=O)(OCC)C(F)(F)C(O)c1cnc(C)c2c1OCC(C)(C)O2. The van der Waals surface area contributed by atoms with Crippen LogP contribution in [0.4, 0.5) is 8.78 Å². The van der Waals surface area contributed by atoms with Gasteiger partial charge in [0.25, 0.3) is 0 Å². The summed E-state index contributed by atoms with van der Waals surface area (Å²) in [6, 6.07) is 0. The fraction of sp³-hybridized carbons (Fsp3) is 0.688. The van der Waals surface area contributed by atoms with Gasteiger partial charge in [0.05, 0.1) is 24.5 Å². The Kier molecular flexibility index (Phi) is 5.97. The van der Waals surface area contributed by atoms with Crippen LogP contribution < -0.4 is 9.47 Å². The molecule has 0 spiro atoms. The summed E-state index contributed by atoms with van der Waals surface area (Å²) in [6.07, 6.45) is -1.46. The van der Waals surface area contributed by atoms with E-state index in [9.17, 15) is 18.5 Å². The first-order valence-electron chi connectivity index (χ1n) is 8.25. The van der Waals surface area contributed by atoms with Gasteiger partial charge in [-0.2, -0.15) is 8.78 Å². The maximum atomic E-state index is 14.9. The Morgan fingerprint density at radius 1 is 1.35 bits per heavy atom. The van der Waals surface area contributed by atoms with Crippen molar-refractivity contribution in [3.05, 3.63) is 17.5 Å². The standard InChI is InChI=1S/C16H24F2NO6P/c1-6-23-26(21,24-7-2)16(17,18)14(20)11-8-19-10(3)12-13(11)22-9-15(4,5)25-12/h8,14,20H,6-7,9H2,1-5H3. The van der Waals surface area contributed by atoms with Gasteiger partial charge in [0, 0.05) is 6.20 Å². The quantitative estimate of drug-likeness (QED) is 0.702. The molecule has 10 heteroatoms. The Labute approximate surface area is 151 Å². The smallest absolute Gasteiger partial charge is 0.402 e. The molecule has 148 valence electrons. The second-order valence-electron chi connectivity index (χ2n) is 6.43. The van der Waals surface area contributed by atoms with Crippen molar-refractivity contribution in [2.24, 2.45) is 0 Å². The van der Waals surface area contributed by atoms with Gasteiger partial charge < -0.3 is 23.6 Å². The van der Waals surface area contributed by atoms with Crippen LogP contribution in [-0.4, -0.2) is 41.2 Å². The number of halogens is 2. The summed E-state index contributed by atoms with van der Waals surface area (Å²) in [5.74, 6) is 0.111. The van der Waals surface area contributed by atoms with Crippen molar-refractivity contribution in [2.45, 2.75) is 52.0 Å². The van der Waals surface area contributed by atoms with Crippen LogP contribution in [0.3, 0.4) is 0 Å². The summed E-state index contributed by atoms with van der Waals surface area (Å²) in [5, 5.41) is 10.4. The van der Waals surface area contributed by atoms with E-state index in [2.05, 4.69) is 4.98 Å². The highest BCUT2D eigenvalue weighted by molar-refractivity contribution is 7.55. The van der Waals surface area contributed by atoms with Crippen LogP contribution >= 0.6 is 7.60 Å². The molecular weight excluding hydrogens is 371 g/mol. The molecule has 1 atom stereocenters. The van der Waals surface area contributed by atoms with Gasteiger partial charge in [0.2, 0.25) is 0 Å². The van der Waals surface area contributed by atoms with Crippen LogP contribution in [0.2, 0.25) is 0 Å². The number of fused-ring (bicyclic) bond motifs is 1. The van der Waals surface area contributed by atoms with E-state index >= 15 is 0 Å². The molecule has 0 aliphatic carbocycles.